The largest absolute Gasteiger partial charge is 0.495 e. The standard InChI is InChI=1S/C11H17NO3S/c1-7(6-13)5-12-11(14)10-9(15-3)4-8(2)16-10/h4,7,13H,5-6H2,1-3H3,(H,12,14). The number of aliphatic hydroxyl groups is 1. The summed E-state index contributed by atoms with van der Waals surface area (Å²) in [6.07, 6.45) is 0. The zero-order valence-corrected chi connectivity index (χ0v) is 10.6. The molecule has 4 nitrogen and oxygen atoms in total. The summed E-state index contributed by atoms with van der Waals surface area (Å²) in [6, 6.07) is 1.84. The van der Waals surface area contributed by atoms with Crippen molar-refractivity contribution in [2.24, 2.45) is 5.92 Å². The minimum Gasteiger partial charge on any atom is -0.495 e. The fourth-order valence-corrected chi connectivity index (χ4v) is 2.11. The quantitative estimate of drug-likeness (QED) is 0.822. The highest BCUT2D eigenvalue weighted by atomic mass is 32.1. The van der Waals surface area contributed by atoms with Crippen LogP contribution in [0.3, 0.4) is 0 Å². The molecule has 2 N–H and O–H groups in total. The lowest BCUT2D eigenvalue weighted by atomic mass is 10.2. The van der Waals surface area contributed by atoms with Crippen molar-refractivity contribution in [1.29, 1.82) is 0 Å². The van der Waals surface area contributed by atoms with E-state index in [1.165, 1.54) is 11.3 Å². The number of aliphatic hydroxyl groups excluding tert-OH is 1. The van der Waals surface area contributed by atoms with Crippen LogP contribution in [0, 0.1) is 12.8 Å². The summed E-state index contributed by atoms with van der Waals surface area (Å²) >= 11 is 1.41. The first-order valence-corrected chi connectivity index (χ1v) is 5.93. The fourth-order valence-electron chi connectivity index (χ4n) is 1.21. The summed E-state index contributed by atoms with van der Waals surface area (Å²) in [4.78, 5) is 13.4. The number of nitrogens with one attached hydrogen (secondary N) is 1. The molecule has 1 atom stereocenters. The van der Waals surface area contributed by atoms with Crippen molar-refractivity contribution in [3.63, 3.8) is 0 Å². The second-order valence-electron chi connectivity index (χ2n) is 3.75. The van der Waals surface area contributed by atoms with Crippen LogP contribution in [0.1, 0.15) is 21.5 Å². The van der Waals surface area contributed by atoms with Gasteiger partial charge >= 0.3 is 0 Å². The minimum absolute atomic E-state index is 0.0657. The summed E-state index contributed by atoms with van der Waals surface area (Å²) in [5.41, 5.74) is 0. The van der Waals surface area contributed by atoms with Crippen LogP contribution in [-0.4, -0.2) is 31.3 Å². The van der Waals surface area contributed by atoms with E-state index in [4.69, 9.17) is 9.84 Å². The van der Waals surface area contributed by atoms with Gasteiger partial charge in [-0.2, -0.15) is 0 Å². The number of hydrogen-bond acceptors (Lipinski definition) is 4. The van der Waals surface area contributed by atoms with E-state index in [1.54, 1.807) is 7.11 Å². The molecule has 1 amide bonds. The Morgan fingerprint density at radius 3 is 2.94 bits per heavy atom. The molecule has 1 aromatic heterocycles. The Kier molecular flexibility index (Phi) is 4.76. The molecule has 0 bridgehead atoms. The van der Waals surface area contributed by atoms with Crippen molar-refractivity contribution in [1.82, 2.24) is 5.32 Å². The Hall–Kier alpha value is -1.07. The molecular weight excluding hydrogens is 226 g/mol. The maximum Gasteiger partial charge on any atom is 0.265 e. The van der Waals surface area contributed by atoms with Gasteiger partial charge in [0, 0.05) is 18.0 Å². The number of rotatable bonds is 5. The summed E-state index contributed by atoms with van der Waals surface area (Å²) in [5, 5.41) is 11.6. The third-order valence-corrected chi connectivity index (χ3v) is 3.20. The molecule has 0 radical (unpaired) electrons. The lowest BCUT2D eigenvalue weighted by Gasteiger charge is -2.09. The summed E-state index contributed by atoms with van der Waals surface area (Å²) in [5.74, 6) is 0.530. The first-order valence-electron chi connectivity index (χ1n) is 5.12. The van der Waals surface area contributed by atoms with E-state index in [-0.39, 0.29) is 18.4 Å². The van der Waals surface area contributed by atoms with Crippen LogP contribution in [0.15, 0.2) is 6.07 Å². The Balaban J connectivity index is 2.65. The Labute approximate surface area is 99.2 Å². The zero-order chi connectivity index (χ0) is 12.1. The van der Waals surface area contributed by atoms with Gasteiger partial charge in [-0.25, -0.2) is 0 Å². The van der Waals surface area contributed by atoms with Crippen LogP contribution in [-0.2, 0) is 0 Å². The monoisotopic (exact) mass is 243 g/mol. The summed E-state index contributed by atoms with van der Waals surface area (Å²) < 4.78 is 5.12. The molecule has 16 heavy (non-hydrogen) atoms. The molecular formula is C11H17NO3S. The van der Waals surface area contributed by atoms with Gasteiger partial charge in [0.2, 0.25) is 0 Å². The SMILES string of the molecule is COc1cc(C)sc1C(=O)NCC(C)CO. The van der Waals surface area contributed by atoms with E-state index in [0.717, 1.165) is 4.88 Å². The number of hydrogen-bond donors (Lipinski definition) is 2. The number of ether oxygens (including phenoxy) is 1. The number of carbonyl (C=O) groups is 1. The molecule has 0 spiro atoms. The van der Waals surface area contributed by atoms with Crippen LogP contribution in [0.5, 0.6) is 5.75 Å². The van der Waals surface area contributed by atoms with Gasteiger partial charge in [0.25, 0.3) is 5.91 Å². The van der Waals surface area contributed by atoms with Crippen molar-refractivity contribution in [2.75, 3.05) is 20.3 Å². The van der Waals surface area contributed by atoms with E-state index in [9.17, 15) is 4.79 Å². The normalized spacial score (nSPS) is 12.2. The van der Waals surface area contributed by atoms with Gasteiger partial charge in [-0.05, 0) is 18.9 Å². The molecule has 0 aliphatic heterocycles. The molecule has 1 aromatic rings. The number of methoxy groups -OCH3 is 1. The smallest absolute Gasteiger partial charge is 0.265 e. The van der Waals surface area contributed by atoms with Crippen LogP contribution in [0.2, 0.25) is 0 Å². The van der Waals surface area contributed by atoms with E-state index >= 15 is 0 Å². The van der Waals surface area contributed by atoms with Crippen molar-refractivity contribution >= 4 is 17.2 Å². The number of aryl methyl sites for hydroxylation is 1. The molecule has 0 fully saturated rings. The molecule has 1 heterocycles. The van der Waals surface area contributed by atoms with Crippen molar-refractivity contribution in [3.8, 4) is 5.75 Å². The van der Waals surface area contributed by atoms with Crippen molar-refractivity contribution < 1.29 is 14.6 Å². The molecule has 1 unspecified atom stereocenters. The van der Waals surface area contributed by atoms with Gasteiger partial charge in [-0.3, -0.25) is 4.79 Å². The lowest BCUT2D eigenvalue weighted by molar-refractivity contribution is 0.0943. The van der Waals surface area contributed by atoms with Crippen LogP contribution in [0.4, 0.5) is 0 Å². The third-order valence-electron chi connectivity index (χ3n) is 2.17. The first-order chi connectivity index (χ1) is 7.58. The highest BCUT2D eigenvalue weighted by molar-refractivity contribution is 7.14. The van der Waals surface area contributed by atoms with Crippen LogP contribution < -0.4 is 10.1 Å². The molecule has 90 valence electrons. The Bertz CT molecular complexity index is 362. The molecule has 0 aromatic carbocycles. The predicted octanol–water partition coefficient (Wildman–Crippen LogP) is 1.42. The maximum atomic E-state index is 11.8. The Morgan fingerprint density at radius 2 is 2.38 bits per heavy atom. The second-order valence-corrected chi connectivity index (χ2v) is 5.01. The average Bonchev–Trinajstić information content (AvgIpc) is 2.66. The number of carbonyl (C=O) groups excluding carboxylic acids is 1. The van der Waals surface area contributed by atoms with E-state index < -0.39 is 0 Å². The first kappa shape index (κ1) is 13.0. The highest BCUT2D eigenvalue weighted by Gasteiger charge is 2.15. The topological polar surface area (TPSA) is 58.6 Å². The molecule has 5 heteroatoms. The molecule has 0 saturated carbocycles. The zero-order valence-electron chi connectivity index (χ0n) is 9.74. The third kappa shape index (κ3) is 3.21. The highest BCUT2D eigenvalue weighted by Crippen LogP contribution is 2.28. The number of thiophene rings is 1. The van der Waals surface area contributed by atoms with Crippen molar-refractivity contribution in [2.45, 2.75) is 13.8 Å². The maximum absolute atomic E-state index is 11.8. The van der Waals surface area contributed by atoms with Gasteiger partial charge in [-0.15, -0.1) is 11.3 Å². The van der Waals surface area contributed by atoms with Crippen LogP contribution in [0.25, 0.3) is 0 Å². The fraction of sp³-hybridized carbons (Fsp3) is 0.545. The van der Waals surface area contributed by atoms with Gasteiger partial charge in [0.05, 0.1) is 7.11 Å². The van der Waals surface area contributed by atoms with Crippen molar-refractivity contribution in [3.05, 3.63) is 15.8 Å². The lowest BCUT2D eigenvalue weighted by Crippen LogP contribution is -2.29. The van der Waals surface area contributed by atoms with E-state index in [0.29, 0.717) is 17.2 Å². The average molecular weight is 243 g/mol. The van der Waals surface area contributed by atoms with Crippen LogP contribution >= 0.6 is 11.3 Å². The van der Waals surface area contributed by atoms with Gasteiger partial charge in [-0.1, -0.05) is 6.92 Å². The molecule has 0 aliphatic carbocycles. The predicted molar refractivity (Wildman–Crippen MR) is 64.2 cm³/mol. The van der Waals surface area contributed by atoms with E-state index in [2.05, 4.69) is 5.32 Å². The van der Waals surface area contributed by atoms with Gasteiger partial charge < -0.3 is 15.2 Å². The second kappa shape index (κ2) is 5.86. The summed E-state index contributed by atoms with van der Waals surface area (Å²) in [7, 11) is 1.55. The van der Waals surface area contributed by atoms with E-state index in [1.807, 2.05) is 19.9 Å². The minimum atomic E-state index is -0.143. The summed E-state index contributed by atoms with van der Waals surface area (Å²) in [6.45, 7) is 4.34. The van der Waals surface area contributed by atoms with Gasteiger partial charge in [0.1, 0.15) is 10.6 Å². The molecule has 1 rings (SSSR count). The molecule has 0 aliphatic rings. The Morgan fingerprint density at radius 1 is 1.69 bits per heavy atom. The number of amides is 1. The molecule has 0 saturated heterocycles. The van der Waals surface area contributed by atoms with Gasteiger partial charge in [0.15, 0.2) is 0 Å².